The molecule has 0 unspecified atom stereocenters. The van der Waals surface area contributed by atoms with Gasteiger partial charge in [-0.3, -0.25) is 0 Å². The number of benzene rings is 3. The minimum absolute atomic E-state index is 0.395. The summed E-state index contributed by atoms with van der Waals surface area (Å²) in [5, 5.41) is 1.89. The van der Waals surface area contributed by atoms with E-state index >= 15 is 0 Å². The van der Waals surface area contributed by atoms with Crippen LogP contribution in [0.5, 0.6) is 11.5 Å². The third-order valence-corrected chi connectivity index (χ3v) is 4.26. The van der Waals surface area contributed by atoms with Crippen molar-refractivity contribution in [3.8, 4) is 11.5 Å². The molecule has 0 aliphatic carbocycles. The lowest BCUT2D eigenvalue weighted by atomic mass is 10.0. The van der Waals surface area contributed by atoms with Gasteiger partial charge < -0.3 is 14.2 Å². The maximum absolute atomic E-state index is 12.1. The van der Waals surface area contributed by atoms with E-state index in [0.29, 0.717) is 12.4 Å². The molecule has 3 rings (SSSR count). The molecule has 0 spiro atoms. The van der Waals surface area contributed by atoms with Gasteiger partial charge in [-0.1, -0.05) is 54.6 Å². The van der Waals surface area contributed by atoms with Gasteiger partial charge in [0, 0.05) is 23.1 Å². The van der Waals surface area contributed by atoms with E-state index in [1.165, 1.54) is 6.08 Å². The van der Waals surface area contributed by atoms with Gasteiger partial charge in [0.25, 0.3) is 0 Å². The lowest BCUT2D eigenvalue weighted by Gasteiger charge is -2.18. The van der Waals surface area contributed by atoms with Crippen LogP contribution in [0.1, 0.15) is 31.9 Å². The molecule has 0 aliphatic rings. The predicted octanol–water partition coefficient (Wildman–Crippen LogP) is 5.78. The maximum Gasteiger partial charge on any atom is 0.331 e. The van der Waals surface area contributed by atoms with Crippen LogP contribution in [0, 0.1) is 0 Å². The van der Waals surface area contributed by atoms with E-state index in [2.05, 4.69) is 0 Å². The van der Waals surface area contributed by atoms with E-state index in [-0.39, 0.29) is 0 Å². The first-order valence-electron chi connectivity index (χ1n) is 9.55. The Morgan fingerprint density at radius 1 is 0.931 bits per heavy atom. The number of fused-ring (bicyclic) bond motifs is 1. The van der Waals surface area contributed by atoms with Crippen LogP contribution in [0.25, 0.3) is 16.8 Å². The van der Waals surface area contributed by atoms with Crippen LogP contribution in [-0.4, -0.2) is 18.7 Å². The third kappa shape index (κ3) is 5.38. The summed E-state index contributed by atoms with van der Waals surface area (Å²) in [5.74, 6) is 0.968. The molecular formula is C25H26O4. The Kier molecular flexibility index (Phi) is 6.23. The smallest absolute Gasteiger partial charge is 0.331 e. The van der Waals surface area contributed by atoms with E-state index in [0.717, 1.165) is 27.6 Å². The van der Waals surface area contributed by atoms with Gasteiger partial charge in [-0.2, -0.15) is 0 Å². The number of rotatable bonds is 6. The van der Waals surface area contributed by atoms with Crippen LogP contribution in [0.3, 0.4) is 0 Å². The van der Waals surface area contributed by atoms with Crippen molar-refractivity contribution in [3.63, 3.8) is 0 Å². The predicted molar refractivity (Wildman–Crippen MR) is 116 cm³/mol. The van der Waals surface area contributed by atoms with Crippen molar-refractivity contribution in [1.82, 2.24) is 0 Å². The highest BCUT2D eigenvalue weighted by molar-refractivity contribution is 5.99. The molecule has 0 aromatic heterocycles. The Bertz CT molecular complexity index is 1010. The SMILES string of the molecule is COc1cc(OCc2ccccc2)c2ccccc2c1/C=C/C(=O)OC(C)(C)C. The first-order chi connectivity index (χ1) is 13.9. The van der Waals surface area contributed by atoms with Gasteiger partial charge in [0.05, 0.1) is 7.11 Å². The topological polar surface area (TPSA) is 44.8 Å². The maximum atomic E-state index is 12.1. The Hall–Kier alpha value is -3.27. The van der Waals surface area contributed by atoms with E-state index in [4.69, 9.17) is 14.2 Å². The Labute approximate surface area is 171 Å². The fraction of sp³-hybridized carbons (Fsp3) is 0.240. The molecule has 0 fully saturated rings. The molecule has 3 aromatic carbocycles. The van der Waals surface area contributed by atoms with E-state index in [1.54, 1.807) is 13.2 Å². The summed E-state index contributed by atoms with van der Waals surface area (Å²) >= 11 is 0. The second-order valence-electron chi connectivity index (χ2n) is 7.68. The second-order valence-corrected chi connectivity index (χ2v) is 7.68. The molecule has 4 nitrogen and oxygen atoms in total. The van der Waals surface area contributed by atoms with Gasteiger partial charge >= 0.3 is 5.97 Å². The van der Waals surface area contributed by atoms with Crippen LogP contribution < -0.4 is 9.47 Å². The molecule has 0 atom stereocenters. The molecule has 0 radical (unpaired) electrons. The highest BCUT2D eigenvalue weighted by atomic mass is 16.6. The van der Waals surface area contributed by atoms with E-state index in [1.807, 2.05) is 81.4 Å². The van der Waals surface area contributed by atoms with Crippen molar-refractivity contribution in [2.75, 3.05) is 7.11 Å². The number of esters is 1. The average molecular weight is 390 g/mol. The molecule has 0 saturated heterocycles. The summed E-state index contributed by atoms with van der Waals surface area (Å²) in [5.41, 5.74) is 1.35. The Balaban J connectivity index is 1.96. The minimum atomic E-state index is -0.539. The zero-order valence-corrected chi connectivity index (χ0v) is 17.3. The van der Waals surface area contributed by atoms with Gasteiger partial charge in [0.15, 0.2) is 0 Å². The number of ether oxygens (including phenoxy) is 3. The van der Waals surface area contributed by atoms with Gasteiger partial charge in [0.1, 0.15) is 23.7 Å². The first kappa shape index (κ1) is 20.5. The molecule has 0 heterocycles. The van der Waals surface area contributed by atoms with Crippen molar-refractivity contribution in [2.45, 2.75) is 33.0 Å². The summed E-state index contributed by atoms with van der Waals surface area (Å²) in [6.45, 7) is 5.98. The molecular weight excluding hydrogens is 364 g/mol. The van der Waals surface area contributed by atoms with Crippen LogP contribution in [0.15, 0.2) is 66.7 Å². The molecule has 0 bridgehead atoms. The summed E-state index contributed by atoms with van der Waals surface area (Å²) in [6, 6.07) is 19.8. The molecule has 150 valence electrons. The summed E-state index contributed by atoms with van der Waals surface area (Å²) in [4.78, 5) is 12.1. The minimum Gasteiger partial charge on any atom is -0.496 e. The zero-order chi connectivity index (χ0) is 20.9. The number of methoxy groups -OCH3 is 1. The number of carbonyl (C=O) groups is 1. The van der Waals surface area contributed by atoms with Gasteiger partial charge in [-0.25, -0.2) is 4.79 Å². The van der Waals surface area contributed by atoms with Crippen LogP contribution >= 0.6 is 0 Å². The number of carbonyl (C=O) groups excluding carboxylic acids is 1. The monoisotopic (exact) mass is 390 g/mol. The van der Waals surface area contributed by atoms with Crippen molar-refractivity contribution >= 4 is 22.8 Å². The average Bonchev–Trinajstić information content (AvgIpc) is 2.70. The Morgan fingerprint density at radius 2 is 1.59 bits per heavy atom. The first-order valence-corrected chi connectivity index (χ1v) is 9.55. The van der Waals surface area contributed by atoms with Crippen LogP contribution in [0.4, 0.5) is 0 Å². The van der Waals surface area contributed by atoms with Crippen molar-refractivity contribution < 1.29 is 19.0 Å². The highest BCUT2D eigenvalue weighted by Gasteiger charge is 2.16. The van der Waals surface area contributed by atoms with E-state index < -0.39 is 11.6 Å². The van der Waals surface area contributed by atoms with Crippen molar-refractivity contribution in [2.24, 2.45) is 0 Å². The molecule has 0 N–H and O–H groups in total. The molecule has 0 saturated carbocycles. The quantitative estimate of drug-likeness (QED) is 0.395. The fourth-order valence-electron chi connectivity index (χ4n) is 3.02. The van der Waals surface area contributed by atoms with Crippen LogP contribution in [-0.2, 0) is 16.1 Å². The highest BCUT2D eigenvalue weighted by Crippen LogP contribution is 2.37. The van der Waals surface area contributed by atoms with Gasteiger partial charge in [-0.15, -0.1) is 0 Å². The molecule has 29 heavy (non-hydrogen) atoms. The van der Waals surface area contributed by atoms with E-state index in [9.17, 15) is 4.79 Å². The summed E-state index contributed by atoms with van der Waals surface area (Å²) in [7, 11) is 1.61. The molecule has 3 aromatic rings. The largest absolute Gasteiger partial charge is 0.496 e. The lowest BCUT2D eigenvalue weighted by molar-refractivity contribution is -0.148. The third-order valence-electron chi connectivity index (χ3n) is 4.26. The fourth-order valence-corrected chi connectivity index (χ4v) is 3.02. The molecule has 4 heteroatoms. The number of hydrogen-bond acceptors (Lipinski definition) is 4. The second kappa shape index (κ2) is 8.82. The summed E-state index contributed by atoms with van der Waals surface area (Å²) < 4.78 is 17.1. The van der Waals surface area contributed by atoms with Crippen LogP contribution in [0.2, 0.25) is 0 Å². The normalized spacial score (nSPS) is 11.6. The van der Waals surface area contributed by atoms with Crippen molar-refractivity contribution in [1.29, 1.82) is 0 Å². The standard InChI is InChI=1S/C25H26O4/c1-25(2,3)29-24(26)15-14-21-19-12-8-9-13-20(19)23(16-22(21)27-4)28-17-18-10-6-5-7-11-18/h5-16H,17H2,1-4H3/b15-14+. The lowest BCUT2D eigenvalue weighted by Crippen LogP contribution is -2.22. The molecule has 0 aliphatic heterocycles. The zero-order valence-electron chi connectivity index (χ0n) is 17.3. The number of hydrogen-bond donors (Lipinski definition) is 0. The van der Waals surface area contributed by atoms with Gasteiger partial charge in [-0.05, 0) is 37.8 Å². The van der Waals surface area contributed by atoms with Crippen molar-refractivity contribution in [3.05, 3.63) is 77.9 Å². The van der Waals surface area contributed by atoms with Gasteiger partial charge in [0.2, 0.25) is 0 Å². The summed E-state index contributed by atoms with van der Waals surface area (Å²) in [6.07, 6.45) is 3.16. The Morgan fingerprint density at radius 3 is 2.24 bits per heavy atom. The molecule has 0 amide bonds.